The molecule has 2 aromatic carbocycles. The summed E-state index contributed by atoms with van der Waals surface area (Å²) in [6, 6.07) is 13.4. The molecule has 0 atom stereocenters. The molecule has 0 bridgehead atoms. The van der Waals surface area contributed by atoms with Gasteiger partial charge in [0.2, 0.25) is 0 Å². The second kappa shape index (κ2) is 7.20. The van der Waals surface area contributed by atoms with Gasteiger partial charge in [-0.3, -0.25) is 0 Å². The van der Waals surface area contributed by atoms with E-state index in [1.165, 1.54) is 5.56 Å². The van der Waals surface area contributed by atoms with Crippen LogP contribution in [0.2, 0.25) is 0 Å². The number of nitrogens with two attached hydrogens (primary N) is 1. The van der Waals surface area contributed by atoms with Crippen molar-refractivity contribution in [3.05, 3.63) is 52.5 Å². The van der Waals surface area contributed by atoms with Gasteiger partial charge in [0.1, 0.15) is 11.5 Å². The number of benzene rings is 2. The summed E-state index contributed by atoms with van der Waals surface area (Å²) in [4.78, 5) is 0. The molecule has 0 aromatic heterocycles. The van der Waals surface area contributed by atoms with Crippen molar-refractivity contribution >= 4 is 21.6 Å². The average molecular weight is 336 g/mol. The zero-order valence-electron chi connectivity index (χ0n) is 11.4. The van der Waals surface area contributed by atoms with Gasteiger partial charge in [-0.15, -0.1) is 0 Å². The first-order chi connectivity index (χ1) is 9.65. The molecule has 0 amide bonds. The van der Waals surface area contributed by atoms with Crippen LogP contribution < -0.4 is 15.2 Å². The Labute approximate surface area is 127 Å². The van der Waals surface area contributed by atoms with Crippen LogP contribution in [0.1, 0.15) is 12.0 Å². The molecule has 0 spiro atoms. The van der Waals surface area contributed by atoms with E-state index in [0.29, 0.717) is 13.2 Å². The minimum atomic E-state index is 0.624. The molecule has 0 aliphatic rings. The number of hydrogen-bond donors (Lipinski definition) is 1. The molecular weight excluding hydrogens is 318 g/mol. The predicted molar refractivity (Wildman–Crippen MR) is 85.3 cm³/mol. The number of aryl methyl sites for hydroxylation is 1. The third-order valence-electron chi connectivity index (χ3n) is 2.84. The van der Waals surface area contributed by atoms with Gasteiger partial charge in [0.25, 0.3) is 0 Å². The molecule has 0 fully saturated rings. The maximum absolute atomic E-state index is 5.68. The highest BCUT2D eigenvalue weighted by Crippen LogP contribution is 2.21. The zero-order valence-corrected chi connectivity index (χ0v) is 13.0. The Morgan fingerprint density at radius 1 is 0.950 bits per heavy atom. The Morgan fingerprint density at radius 2 is 1.55 bits per heavy atom. The molecule has 2 N–H and O–H groups in total. The fourth-order valence-electron chi connectivity index (χ4n) is 1.71. The fourth-order valence-corrected chi connectivity index (χ4v) is 1.96. The van der Waals surface area contributed by atoms with Crippen LogP contribution in [0, 0.1) is 6.92 Å². The first-order valence-corrected chi connectivity index (χ1v) is 7.32. The summed E-state index contributed by atoms with van der Waals surface area (Å²) in [5.74, 6) is 1.72. The average Bonchev–Trinajstić information content (AvgIpc) is 2.44. The summed E-state index contributed by atoms with van der Waals surface area (Å²) in [7, 11) is 0. The second-order valence-corrected chi connectivity index (χ2v) is 5.38. The highest BCUT2D eigenvalue weighted by atomic mass is 79.9. The lowest BCUT2D eigenvalue weighted by molar-refractivity contribution is 0.247. The summed E-state index contributed by atoms with van der Waals surface area (Å²) in [5, 5.41) is 0. The molecule has 0 saturated carbocycles. The molecule has 0 aliphatic carbocycles. The number of anilines is 1. The van der Waals surface area contributed by atoms with E-state index in [4.69, 9.17) is 15.2 Å². The van der Waals surface area contributed by atoms with Crippen molar-refractivity contribution in [2.45, 2.75) is 13.3 Å². The van der Waals surface area contributed by atoms with Crippen molar-refractivity contribution in [3.8, 4) is 11.5 Å². The number of rotatable bonds is 6. The van der Waals surface area contributed by atoms with Gasteiger partial charge in [0.05, 0.1) is 13.2 Å². The molecule has 3 nitrogen and oxygen atoms in total. The molecule has 0 unspecified atom stereocenters. The number of nitrogen functional groups attached to an aromatic ring is 1. The van der Waals surface area contributed by atoms with Gasteiger partial charge >= 0.3 is 0 Å². The highest BCUT2D eigenvalue weighted by Gasteiger charge is 1.99. The van der Waals surface area contributed by atoms with Crippen LogP contribution in [0.4, 0.5) is 5.69 Å². The zero-order chi connectivity index (χ0) is 14.4. The van der Waals surface area contributed by atoms with Crippen LogP contribution in [0.3, 0.4) is 0 Å². The molecule has 20 heavy (non-hydrogen) atoms. The van der Waals surface area contributed by atoms with E-state index in [9.17, 15) is 0 Å². The summed E-state index contributed by atoms with van der Waals surface area (Å²) >= 11 is 3.47. The van der Waals surface area contributed by atoms with Gasteiger partial charge in [0, 0.05) is 16.6 Å². The lowest BCUT2D eigenvalue weighted by atomic mass is 10.2. The quantitative estimate of drug-likeness (QED) is 0.635. The van der Waals surface area contributed by atoms with Crippen molar-refractivity contribution < 1.29 is 9.47 Å². The highest BCUT2D eigenvalue weighted by molar-refractivity contribution is 9.10. The Hall–Kier alpha value is -1.68. The fraction of sp³-hybridized carbons (Fsp3) is 0.250. The van der Waals surface area contributed by atoms with Crippen molar-refractivity contribution in [1.29, 1.82) is 0 Å². The number of ether oxygens (including phenoxy) is 2. The summed E-state index contributed by atoms with van der Waals surface area (Å²) in [5.41, 5.74) is 7.52. The molecule has 0 heterocycles. The van der Waals surface area contributed by atoms with Gasteiger partial charge in [-0.05, 0) is 55.0 Å². The standard InChI is InChI=1S/C16H18BrNO2/c1-12-11-15(7-8-16(12)17)20-10-2-9-19-14-5-3-13(18)4-6-14/h3-8,11H,2,9-10,18H2,1H3. The van der Waals surface area contributed by atoms with Gasteiger partial charge in [-0.1, -0.05) is 15.9 Å². The van der Waals surface area contributed by atoms with Crippen LogP contribution in [-0.4, -0.2) is 13.2 Å². The third kappa shape index (κ3) is 4.46. The van der Waals surface area contributed by atoms with Crippen molar-refractivity contribution in [2.75, 3.05) is 18.9 Å². The molecular formula is C16H18BrNO2. The predicted octanol–water partition coefficient (Wildman–Crippen LogP) is 4.19. The minimum absolute atomic E-state index is 0.624. The molecule has 0 saturated heterocycles. The van der Waals surface area contributed by atoms with Crippen molar-refractivity contribution in [2.24, 2.45) is 0 Å². The van der Waals surface area contributed by atoms with E-state index in [2.05, 4.69) is 15.9 Å². The normalized spacial score (nSPS) is 10.3. The lowest BCUT2D eigenvalue weighted by Crippen LogP contribution is -2.05. The molecule has 2 aromatic rings. The third-order valence-corrected chi connectivity index (χ3v) is 3.73. The first kappa shape index (κ1) is 14.7. The van der Waals surface area contributed by atoms with E-state index in [1.54, 1.807) is 0 Å². The lowest BCUT2D eigenvalue weighted by Gasteiger charge is -2.09. The topological polar surface area (TPSA) is 44.5 Å². The van der Waals surface area contributed by atoms with Gasteiger partial charge < -0.3 is 15.2 Å². The Morgan fingerprint density at radius 3 is 2.20 bits per heavy atom. The Kier molecular flexibility index (Phi) is 5.30. The van der Waals surface area contributed by atoms with Gasteiger partial charge in [-0.2, -0.15) is 0 Å². The second-order valence-electron chi connectivity index (χ2n) is 4.53. The van der Waals surface area contributed by atoms with Crippen LogP contribution in [-0.2, 0) is 0 Å². The van der Waals surface area contributed by atoms with E-state index in [-0.39, 0.29) is 0 Å². The summed E-state index contributed by atoms with van der Waals surface area (Å²) < 4.78 is 12.4. The van der Waals surface area contributed by atoms with Crippen LogP contribution in [0.25, 0.3) is 0 Å². The molecule has 4 heteroatoms. The van der Waals surface area contributed by atoms with Crippen LogP contribution in [0.5, 0.6) is 11.5 Å². The van der Waals surface area contributed by atoms with Gasteiger partial charge in [0.15, 0.2) is 0 Å². The first-order valence-electron chi connectivity index (χ1n) is 6.52. The van der Waals surface area contributed by atoms with E-state index in [1.807, 2.05) is 49.4 Å². The molecule has 106 valence electrons. The maximum Gasteiger partial charge on any atom is 0.119 e. The SMILES string of the molecule is Cc1cc(OCCCOc2ccc(N)cc2)ccc1Br. The summed E-state index contributed by atoms with van der Waals surface area (Å²) in [6.45, 7) is 3.30. The van der Waals surface area contributed by atoms with E-state index in [0.717, 1.165) is 28.1 Å². The van der Waals surface area contributed by atoms with E-state index < -0.39 is 0 Å². The van der Waals surface area contributed by atoms with E-state index >= 15 is 0 Å². The summed E-state index contributed by atoms with van der Waals surface area (Å²) in [6.07, 6.45) is 0.833. The molecule has 0 aliphatic heterocycles. The maximum atomic E-state index is 5.68. The van der Waals surface area contributed by atoms with Crippen molar-refractivity contribution in [1.82, 2.24) is 0 Å². The Bertz CT molecular complexity index is 555. The largest absolute Gasteiger partial charge is 0.493 e. The number of hydrogen-bond acceptors (Lipinski definition) is 3. The Balaban J connectivity index is 1.68. The minimum Gasteiger partial charge on any atom is -0.493 e. The van der Waals surface area contributed by atoms with Crippen LogP contribution >= 0.6 is 15.9 Å². The molecule has 2 rings (SSSR count). The van der Waals surface area contributed by atoms with Crippen molar-refractivity contribution in [3.63, 3.8) is 0 Å². The van der Waals surface area contributed by atoms with Gasteiger partial charge in [-0.25, -0.2) is 0 Å². The smallest absolute Gasteiger partial charge is 0.119 e. The monoisotopic (exact) mass is 335 g/mol. The number of halogens is 1. The molecule has 0 radical (unpaired) electrons. The van der Waals surface area contributed by atoms with Crippen LogP contribution in [0.15, 0.2) is 46.9 Å².